The van der Waals surface area contributed by atoms with Gasteiger partial charge in [0, 0.05) is 25.2 Å². The summed E-state index contributed by atoms with van der Waals surface area (Å²) in [6, 6.07) is 3.82. The minimum atomic E-state index is 0.343. The molecule has 16 heavy (non-hydrogen) atoms. The predicted octanol–water partition coefficient (Wildman–Crippen LogP) is 3.41. The predicted molar refractivity (Wildman–Crippen MR) is 66.3 cm³/mol. The summed E-state index contributed by atoms with van der Waals surface area (Å²) < 4.78 is 0. The number of hydrogen-bond donors (Lipinski definition) is 0. The summed E-state index contributed by atoms with van der Waals surface area (Å²) >= 11 is 0. The van der Waals surface area contributed by atoms with Crippen LogP contribution < -0.4 is 0 Å². The van der Waals surface area contributed by atoms with Gasteiger partial charge in [0.15, 0.2) is 0 Å². The Hall–Kier alpha value is -1.18. The van der Waals surface area contributed by atoms with Crippen LogP contribution in [0, 0.1) is 5.92 Å². The SMILES string of the molecule is CC(C)CCCCC(=O)Cc1ccncc1. The van der Waals surface area contributed by atoms with Crippen molar-refractivity contribution < 1.29 is 4.79 Å². The largest absolute Gasteiger partial charge is 0.299 e. The van der Waals surface area contributed by atoms with Gasteiger partial charge < -0.3 is 0 Å². The molecule has 1 rings (SSSR count). The quantitative estimate of drug-likeness (QED) is 0.658. The number of ketones is 1. The van der Waals surface area contributed by atoms with E-state index < -0.39 is 0 Å². The first kappa shape index (κ1) is 12.9. The van der Waals surface area contributed by atoms with E-state index in [1.807, 2.05) is 12.1 Å². The molecule has 0 saturated carbocycles. The summed E-state index contributed by atoms with van der Waals surface area (Å²) in [5, 5.41) is 0. The average molecular weight is 219 g/mol. The first-order valence-electron chi connectivity index (χ1n) is 6.09. The second-order valence-corrected chi connectivity index (χ2v) is 4.71. The van der Waals surface area contributed by atoms with Crippen LogP contribution in [-0.2, 0) is 11.2 Å². The lowest BCUT2D eigenvalue weighted by atomic mass is 10.0. The number of rotatable bonds is 7. The van der Waals surface area contributed by atoms with Crippen LogP contribution in [0.25, 0.3) is 0 Å². The molecule has 1 heterocycles. The van der Waals surface area contributed by atoms with Crippen molar-refractivity contribution in [3.63, 3.8) is 0 Å². The Kier molecular flexibility index (Phi) is 5.76. The number of carbonyl (C=O) groups excluding carboxylic acids is 1. The monoisotopic (exact) mass is 219 g/mol. The molecule has 0 bridgehead atoms. The molecule has 0 spiro atoms. The summed E-state index contributed by atoms with van der Waals surface area (Å²) in [7, 11) is 0. The van der Waals surface area contributed by atoms with E-state index in [1.165, 1.54) is 12.8 Å². The first-order chi connectivity index (χ1) is 7.68. The molecule has 2 nitrogen and oxygen atoms in total. The molecule has 0 fully saturated rings. The highest BCUT2D eigenvalue weighted by Crippen LogP contribution is 2.09. The highest BCUT2D eigenvalue weighted by molar-refractivity contribution is 5.80. The van der Waals surface area contributed by atoms with E-state index in [-0.39, 0.29) is 0 Å². The second-order valence-electron chi connectivity index (χ2n) is 4.71. The number of aromatic nitrogens is 1. The van der Waals surface area contributed by atoms with Crippen molar-refractivity contribution in [1.82, 2.24) is 4.98 Å². The number of hydrogen-bond acceptors (Lipinski definition) is 2. The number of pyridine rings is 1. The minimum absolute atomic E-state index is 0.343. The van der Waals surface area contributed by atoms with E-state index in [1.54, 1.807) is 12.4 Å². The molecule has 88 valence electrons. The van der Waals surface area contributed by atoms with E-state index >= 15 is 0 Å². The lowest BCUT2D eigenvalue weighted by molar-refractivity contribution is -0.118. The standard InChI is InChI=1S/C14H21NO/c1-12(2)5-3-4-6-14(16)11-13-7-9-15-10-8-13/h7-10,12H,3-6,11H2,1-2H3. The zero-order valence-electron chi connectivity index (χ0n) is 10.3. The molecule has 0 unspecified atom stereocenters. The zero-order chi connectivity index (χ0) is 11.8. The van der Waals surface area contributed by atoms with Crippen molar-refractivity contribution in [2.75, 3.05) is 0 Å². The van der Waals surface area contributed by atoms with Crippen LogP contribution in [-0.4, -0.2) is 10.8 Å². The molecule has 0 aliphatic rings. The van der Waals surface area contributed by atoms with Crippen LogP contribution in [0.4, 0.5) is 0 Å². The number of Topliss-reactive ketones (excluding diaryl/α,β-unsaturated/α-hetero) is 1. The molecule has 0 atom stereocenters. The molecule has 0 N–H and O–H groups in total. The zero-order valence-corrected chi connectivity index (χ0v) is 10.3. The maximum absolute atomic E-state index is 11.6. The molecule has 1 aromatic heterocycles. The fourth-order valence-corrected chi connectivity index (χ4v) is 1.69. The third-order valence-electron chi connectivity index (χ3n) is 2.64. The van der Waals surface area contributed by atoms with Crippen molar-refractivity contribution in [2.24, 2.45) is 5.92 Å². The molecule has 0 aromatic carbocycles. The fourth-order valence-electron chi connectivity index (χ4n) is 1.69. The van der Waals surface area contributed by atoms with Crippen molar-refractivity contribution in [3.05, 3.63) is 30.1 Å². The third kappa shape index (κ3) is 5.64. The molecular weight excluding hydrogens is 198 g/mol. The molecule has 0 aliphatic heterocycles. The molecule has 0 amide bonds. The molecule has 0 aliphatic carbocycles. The van der Waals surface area contributed by atoms with Crippen molar-refractivity contribution in [1.29, 1.82) is 0 Å². The van der Waals surface area contributed by atoms with Crippen LogP contribution in [0.1, 0.15) is 45.1 Å². The maximum Gasteiger partial charge on any atom is 0.137 e. The first-order valence-corrected chi connectivity index (χ1v) is 6.09. The van der Waals surface area contributed by atoms with E-state index in [4.69, 9.17) is 0 Å². The smallest absolute Gasteiger partial charge is 0.137 e. The highest BCUT2D eigenvalue weighted by Gasteiger charge is 2.03. The van der Waals surface area contributed by atoms with Gasteiger partial charge in [-0.15, -0.1) is 0 Å². The lowest BCUT2D eigenvalue weighted by Gasteiger charge is -2.04. The van der Waals surface area contributed by atoms with E-state index in [0.29, 0.717) is 12.2 Å². The van der Waals surface area contributed by atoms with Crippen molar-refractivity contribution in [3.8, 4) is 0 Å². The normalized spacial score (nSPS) is 10.7. The molecule has 2 heteroatoms. The molecule has 0 saturated heterocycles. The topological polar surface area (TPSA) is 30.0 Å². The minimum Gasteiger partial charge on any atom is -0.299 e. The van der Waals surface area contributed by atoms with E-state index in [0.717, 1.165) is 24.3 Å². The molecular formula is C14H21NO. The number of carbonyl (C=O) groups is 1. The Bertz CT molecular complexity index is 306. The van der Waals surface area contributed by atoms with Gasteiger partial charge in [-0.05, 0) is 30.0 Å². The summed E-state index contributed by atoms with van der Waals surface area (Å²) in [6.07, 6.45) is 8.17. The van der Waals surface area contributed by atoms with Gasteiger partial charge in [-0.2, -0.15) is 0 Å². The van der Waals surface area contributed by atoms with Crippen LogP contribution in [0.3, 0.4) is 0 Å². The van der Waals surface area contributed by atoms with Crippen molar-refractivity contribution >= 4 is 5.78 Å². The van der Waals surface area contributed by atoms with Gasteiger partial charge in [0.1, 0.15) is 5.78 Å². The molecule has 1 aromatic rings. The van der Waals surface area contributed by atoms with Gasteiger partial charge in [-0.3, -0.25) is 9.78 Å². The maximum atomic E-state index is 11.6. The fraction of sp³-hybridized carbons (Fsp3) is 0.571. The molecule has 0 radical (unpaired) electrons. The van der Waals surface area contributed by atoms with Crippen LogP contribution >= 0.6 is 0 Å². The Labute approximate surface area is 98.1 Å². The van der Waals surface area contributed by atoms with Gasteiger partial charge in [0.2, 0.25) is 0 Å². The Morgan fingerprint density at radius 3 is 2.56 bits per heavy atom. The van der Waals surface area contributed by atoms with Crippen LogP contribution in [0.5, 0.6) is 0 Å². The van der Waals surface area contributed by atoms with Crippen LogP contribution in [0.2, 0.25) is 0 Å². The lowest BCUT2D eigenvalue weighted by Crippen LogP contribution is -2.02. The average Bonchev–Trinajstić information content (AvgIpc) is 2.25. The highest BCUT2D eigenvalue weighted by atomic mass is 16.1. The third-order valence-corrected chi connectivity index (χ3v) is 2.64. The summed E-state index contributed by atoms with van der Waals surface area (Å²) in [4.78, 5) is 15.6. The Morgan fingerprint density at radius 2 is 1.94 bits per heavy atom. The van der Waals surface area contributed by atoms with Crippen LogP contribution in [0.15, 0.2) is 24.5 Å². The summed E-state index contributed by atoms with van der Waals surface area (Å²) in [6.45, 7) is 4.44. The van der Waals surface area contributed by atoms with Gasteiger partial charge in [0.25, 0.3) is 0 Å². The van der Waals surface area contributed by atoms with Gasteiger partial charge in [0.05, 0.1) is 0 Å². The van der Waals surface area contributed by atoms with Gasteiger partial charge >= 0.3 is 0 Å². The van der Waals surface area contributed by atoms with E-state index in [2.05, 4.69) is 18.8 Å². The number of unbranched alkanes of at least 4 members (excludes halogenated alkanes) is 1. The Morgan fingerprint density at radius 1 is 1.25 bits per heavy atom. The second kappa shape index (κ2) is 7.15. The van der Waals surface area contributed by atoms with Crippen molar-refractivity contribution in [2.45, 2.75) is 46.0 Å². The van der Waals surface area contributed by atoms with E-state index in [9.17, 15) is 4.79 Å². The number of nitrogens with zero attached hydrogens (tertiary/aromatic N) is 1. The van der Waals surface area contributed by atoms with Gasteiger partial charge in [-0.25, -0.2) is 0 Å². The summed E-state index contributed by atoms with van der Waals surface area (Å²) in [5.41, 5.74) is 1.07. The Balaban J connectivity index is 2.17. The van der Waals surface area contributed by atoms with Gasteiger partial charge in [-0.1, -0.05) is 26.7 Å². The summed E-state index contributed by atoms with van der Waals surface area (Å²) in [5.74, 6) is 1.09.